The zero-order valence-corrected chi connectivity index (χ0v) is 18.1. The number of sulfone groups is 1. The van der Waals surface area contributed by atoms with E-state index in [0.717, 1.165) is 12.8 Å². The summed E-state index contributed by atoms with van der Waals surface area (Å²) in [7, 11) is -3.01. The quantitative estimate of drug-likeness (QED) is 0.408. The maximum Gasteiger partial charge on any atom is 0.247 e. The van der Waals surface area contributed by atoms with E-state index in [1.165, 1.54) is 10.7 Å². The molecule has 3 heterocycles. The van der Waals surface area contributed by atoms with Gasteiger partial charge in [-0.15, -0.1) is 5.10 Å². The van der Waals surface area contributed by atoms with E-state index in [1.54, 1.807) is 12.1 Å². The Kier molecular flexibility index (Phi) is 4.70. The SMILES string of the molecule is Nc1cc(Nc2nc(NC3CC3)c3ncc(N)n3n2)c(Cl)c(N2CCS(=O)(=O)CC2)c1. The molecule has 0 amide bonds. The van der Waals surface area contributed by atoms with E-state index in [0.29, 0.717) is 58.5 Å². The normalized spacial score (nSPS) is 18.3. The van der Waals surface area contributed by atoms with E-state index in [9.17, 15) is 8.42 Å². The van der Waals surface area contributed by atoms with Crippen LogP contribution >= 0.6 is 11.6 Å². The lowest BCUT2D eigenvalue weighted by Crippen LogP contribution is -2.40. The zero-order chi connectivity index (χ0) is 21.8. The van der Waals surface area contributed by atoms with E-state index < -0.39 is 9.84 Å². The van der Waals surface area contributed by atoms with E-state index in [4.69, 9.17) is 23.1 Å². The highest BCUT2D eigenvalue weighted by atomic mass is 35.5. The first kappa shape index (κ1) is 19.9. The van der Waals surface area contributed by atoms with Crippen molar-refractivity contribution < 1.29 is 8.42 Å². The molecule has 0 atom stereocenters. The Labute approximate surface area is 183 Å². The number of fused-ring (bicyclic) bond motifs is 1. The van der Waals surface area contributed by atoms with Gasteiger partial charge in [0.05, 0.1) is 34.1 Å². The fourth-order valence-electron chi connectivity index (χ4n) is 3.50. The number of hydrogen-bond acceptors (Lipinski definition) is 10. The minimum absolute atomic E-state index is 0.0801. The molecule has 1 aliphatic carbocycles. The molecule has 1 saturated heterocycles. The van der Waals surface area contributed by atoms with Gasteiger partial charge in [0.2, 0.25) is 5.95 Å². The molecule has 1 aliphatic heterocycles. The summed E-state index contributed by atoms with van der Waals surface area (Å²) in [4.78, 5) is 10.8. The van der Waals surface area contributed by atoms with Crippen LogP contribution in [0.5, 0.6) is 0 Å². The van der Waals surface area contributed by atoms with Crippen LogP contribution < -0.4 is 27.0 Å². The molecule has 0 bridgehead atoms. The second-order valence-corrected chi connectivity index (χ2v) is 10.5. The summed E-state index contributed by atoms with van der Waals surface area (Å²) >= 11 is 6.67. The Morgan fingerprint density at radius 2 is 1.90 bits per heavy atom. The summed E-state index contributed by atoms with van der Waals surface area (Å²) < 4.78 is 25.1. The largest absolute Gasteiger partial charge is 0.399 e. The van der Waals surface area contributed by atoms with Gasteiger partial charge in [-0.3, -0.25) is 0 Å². The van der Waals surface area contributed by atoms with Gasteiger partial charge in [-0.05, 0) is 25.0 Å². The minimum atomic E-state index is -3.01. The molecule has 5 rings (SSSR count). The van der Waals surface area contributed by atoms with Gasteiger partial charge in [-0.2, -0.15) is 9.50 Å². The third-order valence-electron chi connectivity index (χ3n) is 5.31. The lowest BCUT2D eigenvalue weighted by atomic mass is 10.2. The van der Waals surface area contributed by atoms with Crippen LogP contribution in [0.15, 0.2) is 18.3 Å². The molecule has 6 N–H and O–H groups in total. The predicted octanol–water partition coefficient (Wildman–Crippen LogP) is 1.49. The Bertz CT molecular complexity index is 1260. The van der Waals surface area contributed by atoms with Gasteiger partial charge in [0, 0.05) is 24.8 Å². The van der Waals surface area contributed by atoms with Crippen molar-refractivity contribution in [3.8, 4) is 0 Å². The second-order valence-electron chi connectivity index (χ2n) is 7.79. The molecule has 2 fully saturated rings. The van der Waals surface area contributed by atoms with Crippen molar-refractivity contribution in [1.82, 2.24) is 19.6 Å². The minimum Gasteiger partial charge on any atom is -0.399 e. The van der Waals surface area contributed by atoms with Crippen LogP contribution in [-0.4, -0.2) is 58.6 Å². The topological polar surface area (TPSA) is 157 Å². The number of nitrogens with one attached hydrogen (secondary N) is 2. The van der Waals surface area contributed by atoms with Crippen molar-refractivity contribution in [1.29, 1.82) is 0 Å². The molecule has 0 spiro atoms. The molecule has 2 aromatic heterocycles. The van der Waals surface area contributed by atoms with Gasteiger partial charge in [-0.1, -0.05) is 11.6 Å². The second kappa shape index (κ2) is 7.31. The van der Waals surface area contributed by atoms with Crippen LogP contribution in [0.2, 0.25) is 5.02 Å². The number of nitrogen functional groups attached to an aromatic ring is 2. The van der Waals surface area contributed by atoms with Crippen LogP contribution in [0, 0.1) is 0 Å². The maximum atomic E-state index is 11.8. The molecule has 0 unspecified atom stereocenters. The van der Waals surface area contributed by atoms with E-state index in [1.807, 2.05) is 4.90 Å². The van der Waals surface area contributed by atoms with Crippen molar-refractivity contribution in [3.05, 3.63) is 23.4 Å². The average molecular weight is 464 g/mol. The highest BCUT2D eigenvalue weighted by Crippen LogP contribution is 2.37. The van der Waals surface area contributed by atoms with Crippen LogP contribution in [0.4, 0.5) is 34.6 Å². The number of aromatic nitrogens is 4. The van der Waals surface area contributed by atoms with E-state index >= 15 is 0 Å². The predicted molar refractivity (Wildman–Crippen MR) is 122 cm³/mol. The van der Waals surface area contributed by atoms with E-state index in [-0.39, 0.29) is 17.5 Å². The number of anilines is 6. The summed E-state index contributed by atoms with van der Waals surface area (Å²) in [6.07, 6.45) is 3.68. The Balaban J connectivity index is 1.49. The van der Waals surface area contributed by atoms with Crippen LogP contribution in [0.25, 0.3) is 5.65 Å². The van der Waals surface area contributed by atoms with Gasteiger partial charge < -0.3 is 27.0 Å². The summed E-state index contributed by atoms with van der Waals surface area (Å²) in [5.74, 6) is 1.40. The van der Waals surface area contributed by atoms with Gasteiger partial charge in [0.25, 0.3) is 0 Å². The number of benzene rings is 1. The summed E-state index contributed by atoms with van der Waals surface area (Å²) in [6, 6.07) is 3.79. The molecular weight excluding hydrogens is 442 g/mol. The fourth-order valence-corrected chi connectivity index (χ4v) is 4.97. The fraction of sp³-hybridized carbons (Fsp3) is 0.389. The van der Waals surface area contributed by atoms with Gasteiger partial charge in [0.15, 0.2) is 21.3 Å². The first-order chi connectivity index (χ1) is 14.8. The summed E-state index contributed by atoms with van der Waals surface area (Å²) in [6.45, 7) is 0.711. The van der Waals surface area contributed by atoms with Crippen LogP contribution in [0.1, 0.15) is 12.8 Å². The third kappa shape index (κ3) is 4.00. The van der Waals surface area contributed by atoms with Gasteiger partial charge in [-0.25, -0.2) is 13.4 Å². The van der Waals surface area contributed by atoms with Crippen molar-refractivity contribution in [2.75, 3.05) is 51.6 Å². The molecular formula is C18H22ClN9O2S. The molecule has 3 aromatic rings. The lowest BCUT2D eigenvalue weighted by molar-refractivity contribution is 0.587. The van der Waals surface area contributed by atoms with Crippen LogP contribution in [-0.2, 0) is 9.84 Å². The van der Waals surface area contributed by atoms with Gasteiger partial charge in [0.1, 0.15) is 5.82 Å². The number of nitrogens with zero attached hydrogens (tertiary/aromatic N) is 5. The Hall–Kier alpha value is -2.99. The maximum absolute atomic E-state index is 11.8. The Morgan fingerprint density at radius 1 is 1.16 bits per heavy atom. The summed E-state index contributed by atoms with van der Waals surface area (Å²) in [5.41, 5.74) is 14.3. The number of halogens is 1. The summed E-state index contributed by atoms with van der Waals surface area (Å²) in [5, 5.41) is 11.3. The van der Waals surface area contributed by atoms with Crippen molar-refractivity contribution in [2.45, 2.75) is 18.9 Å². The van der Waals surface area contributed by atoms with Crippen molar-refractivity contribution >= 4 is 61.7 Å². The zero-order valence-electron chi connectivity index (χ0n) is 16.5. The molecule has 1 saturated carbocycles. The number of nitrogens with two attached hydrogens (primary N) is 2. The highest BCUT2D eigenvalue weighted by molar-refractivity contribution is 7.91. The third-order valence-corrected chi connectivity index (χ3v) is 7.32. The first-order valence-electron chi connectivity index (χ1n) is 9.88. The van der Waals surface area contributed by atoms with Crippen LogP contribution in [0.3, 0.4) is 0 Å². The molecule has 1 aromatic carbocycles. The highest BCUT2D eigenvalue weighted by Gasteiger charge is 2.26. The smallest absolute Gasteiger partial charge is 0.247 e. The van der Waals surface area contributed by atoms with Crippen molar-refractivity contribution in [3.63, 3.8) is 0 Å². The molecule has 13 heteroatoms. The van der Waals surface area contributed by atoms with E-state index in [2.05, 4.69) is 25.7 Å². The first-order valence-corrected chi connectivity index (χ1v) is 12.1. The standard InChI is InChI=1S/C18H22ClN9O2S/c19-15-12(7-10(20)8-13(15)27-3-5-31(29,30)6-4-27)24-18-25-16(23-11-1-2-11)17-22-9-14(21)28(17)26-18/h7-9,11H,1-6,20-21H2,(H2,23,24,25,26). The van der Waals surface area contributed by atoms with Gasteiger partial charge >= 0.3 is 0 Å². The molecule has 11 nitrogen and oxygen atoms in total. The number of rotatable bonds is 5. The number of hydrogen-bond donors (Lipinski definition) is 4. The van der Waals surface area contributed by atoms with Crippen molar-refractivity contribution in [2.24, 2.45) is 0 Å². The average Bonchev–Trinajstić information content (AvgIpc) is 3.46. The monoisotopic (exact) mass is 463 g/mol. The molecule has 164 valence electrons. The molecule has 0 radical (unpaired) electrons. The number of imidazole rings is 1. The Morgan fingerprint density at radius 3 is 2.61 bits per heavy atom. The molecule has 2 aliphatic rings. The lowest BCUT2D eigenvalue weighted by Gasteiger charge is -2.30. The molecule has 31 heavy (non-hydrogen) atoms.